The van der Waals surface area contributed by atoms with Crippen LogP contribution in [0.3, 0.4) is 0 Å². The number of dihydropyridines is 1. The summed E-state index contributed by atoms with van der Waals surface area (Å²) in [5.74, 6) is -0.117. The zero-order chi connectivity index (χ0) is 24.5. The monoisotopic (exact) mass is 467 g/mol. The highest BCUT2D eigenvalue weighted by Gasteiger charge is 2.43. The Morgan fingerprint density at radius 2 is 1.63 bits per heavy atom. The minimum atomic E-state index is -0.615. The van der Waals surface area contributed by atoms with Crippen molar-refractivity contribution in [3.63, 3.8) is 0 Å². The van der Waals surface area contributed by atoms with E-state index in [1.807, 2.05) is 79.7 Å². The Morgan fingerprint density at radius 3 is 2.34 bits per heavy atom. The quantitative estimate of drug-likeness (QED) is 0.514. The van der Waals surface area contributed by atoms with E-state index in [2.05, 4.69) is 5.32 Å². The number of methoxy groups -OCH3 is 2. The third kappa shape index (κ3) is 3.87. The molecule has 1 aliphatic heterocycles. The van der Waals surface area contributed by atoms with Crippen LogP contribution in [0.1, 0.15) is 39.9 Å². The summed E-state index contributed by atoms with van der Waals surface area (Å²) >= 11 is 0. The van der Waals surface area contributed by atoms with Crippen molar-refractivity contribution in [2.45, 2.75) is 19.4 Å². The van der Waals surface area contributed by atoms with Crippen molar-refractivity contribution in [3.05, 3.63) is 112 Å². The van der Waals surface area contributed by atoms with Gasteiger partial charge >= 0.3 is 5.97 Å². The number of carbonyl (C=O) groups excluding carboxylic acids is 2. The van der Waals surface area contributed by atoms with Gasteiger partial charge in [-0.2, -0.15) is 0 Å². The Labute approximate surface area is 203 Å². The summed E-state index contributed by atoms with van der Waals surface area (Å²) in [4.78, 5) is 26.4. The van der Waals surface area contributed by atoms with Crippen LogP contribution in [-0.2, 0) is 16.1 Å². The second kappa shape index (κ2) is 9.14. The molecule has 0 fully saturated rings. The predicted molar refractivity (Wildman–Crippen MR) is 132 cm³/mol. The molecule has 35 heavy (non-hydrogen) atoms. The van der Waals surface area contributed by atoms with Crippen molar-refractivity contribution in [2.24, 2.45) is 0 Å². The second-order valence-corrected chi connectivity index (χ2v) is 8.44. The van der Waals surface area contributed by atoms with E-state index >= 15 is 0 Å². The molecule has 176 valence electrons. The van der Waals surface area contributed by atoms with E-state index in [1.54, 1.807) is 7.11 Å². The Kier molecular flexibility index (Phi) is 5.87. The van der Waals surface area contributed by atoms with Gasteiger partial charge < -0.3 is 19.5 Å². The molecule has 0 unspecified atom stereocenters. The number of benzene rings is 3. The first-order chi connectivity index (χ1) is 17.0. The summed E-state index contributed by atoms with van der Waals surface area (Å²) in [6, 6.07) is 22.8. The number of fused-ring (bicyclic) bond motifs is 2. The lowest BCUT2D eigenvalue weighted by molar-refractivity contribution is -0.136. The molecule has 0 amide bonds. The van der Waals surface area contributed by atoms with E-state index in [0.29, 0.717) is 40.5 Å². The van der Waals surface area contributed by atoms with Crippen LogP contribution < -0.4 is 14.8 Å². The van der Waals surface area contributed by atoms with Crippen molar-refractivity contribution in [1.29, 1.82) is 0 Å². The highest BCUT2D eigenvalue weighted by atomic mass is 16.5. The third-order valence-corrected chi connectivity index (χ3v) is 6.41. The van der Waals surface area contributed by atoms with E-state index in [0.717, 1.165) is 22.4 Å². The summed E-state index contributed by atoms with van der Waals surface area (Å²) in [6.07, 6.45) is 0. The predicted octanol–water partition coefficient (Wildman–Crippen LogP) is 5.02. The van der Waals surface area contributed by atoms with Crippen LogP contribution in [0, 0.1) is 0 Å². The van der Waals surface area contributed by atoms with Crippen LogP contribution >= 0.6 is 0 Å². The summed E-state index contributed by atoms with van der Waals surface area (Å²) in [5, 5.41) is 3.29. The minimum Gasteiger partial charge on any atom is -0.493 e. The third-order valence-electron chi connectivity index (χ3n) is 6.41. The lowest BCUT2D eigenvalue weighted by Gasteiger charge is -2.29. The van der Waals surface area contributed by atoms with Crippen LogP contribution in [0.25, 0.3) is 5.70 Å². The molecule has 0 aromatic heterocycles. The molecule has 6 heteroatoms. The van der Waals surface area contributed by atoms with Gasteiger partial charge in [-0.15, -0.1) is 0 Å². The normalized spacial score (nSPS) is 16.4. The van der Waals surface area contributed by atoms with Crippen molar-refractivity contribution < 1.29 is 23.8 Å². The van der Waals surface area contributed by atoms with Crippen molar-refractivity contribution in [2.75, 3.05) is 14.2 Å². The maximum Gasteiger partial charge on any atom is 0.336 e. The number of Topliss-reactive ketones (excluding diaryl/α,β-unsaturated/α-hetero) is 1. The molecule has 0 saturated heterocycles. The molecule has 1 heterocycles. The van der Waals surface area contributed by atoms with Gasteiger partial charge in [0, 0.05) is 28.3 Å². The van der Waals surface area contributed by atoms with Crippen LogP contribution in [0.4, 0.5) is 0 Å². The van der Waals surface area contributed by atoms with E-state index in [-0.39, 0.29) is 5.78 Å². The molecule has 0 spiro atoms. The van der Waals surface area contributed by atoms with E-state index < -0.39 is 11.9 Å². The Balaban J connectivity index is 1.58. The Bertz CT molecular complexity index is 1390. The highest BCUT2D eigenvalue weighted by Crippen LogP contribution is 2.47. The summed E-state index contributed by atoms with van der Waals surface area (Å²) in [5.41, 5.74) is 5.51. The van der Waals surface area contributed by atoms with Crippen LogP contribution in [0.15, 0.2) is 89.6 Å². The van der Waals surface area contributed by atoms with Gasteiger partial charge in [0.25, 0.3) is 0 Å². The van der Waals surface area contributed by atoms with Gasteiger partial charge in [0.15, 0.2) is 17.3 Å². The molecule has 3 aromatic carbocycles. The zero-order valence-electron chi connectivity index (χ0n) is 19.8. The number of rotatable bonds is 6. The van der Waals surface area contributed by atoms with Crippen molar-refractivity contribution in [3.8, 4) is 11.5 Å². The SMILES string of the molecule is COC(=O)C1=C(C)NC2=C(C(=O)c3ccccc32)[C@@H]1c1ccc(OCc2ccccc2)c(OC)c1. The average molecular weight is 468 g/mol. The Hall–Kier alpha value is -4.32. The van der Waals surface area contributed by atoms with Crippen LogP contribution in [0.2, 0.25) is 0 Å². The number of carbonyl (C=O) groups is 2. The zero-order valence-corrected chi connectivity index (χ0v) is 19.8. The van der Waals surface area contributed by atoms with Crippen molar-refractivity contribution in [1.82, 2.24) is 5.32 Å². The maximum atomic E-state index is 13.5. The molecule has 0 radical (unpaired) electrons. The van der Waals surface area contributed by atoms with E-state index in [9.17, 15) is 9.59 Å². The number of allylic oxidation sites excluding steroid dienone is 2. The smallest absolute Gasteiger partial charge is 0.336 e. The molecule has 5 rings (SSSR count). The maximum absolute atomic E-state index is 13.5. The van der Waals surface area contributed by atoms with Gasteiger partial charge in [-0.1, -0.05) is 60.7 Å². The fourth-order valence-corrected chi connectivity index (χ4v) is 4.76. The number of nitrogens with one attached hydrogen (secondary N) is 1. The molecule has 1 atom stereocenters. The number of hydrogen-bond donors (Lipinski definition) is 1. The van der Waals surface area contributed by atoms with Crippen molar-refractivity contribution >= 4 is 17.4 Å². The van der Waals surface area contributed by atoms with Gasteiger partial charge in [-0.25, -0.2) is 4.79 Å². The molecule has 0 bridgehead atoms. The van der Waals surface area contributed by atoms with Gasteiger partial charge in [-0.05, 0) is 30.2 Å². The lowest BCUT2D eigenvalue weighted by atomic mass is 9.79. The average Bonchev–Trinajstić information content (AvgIpc) is 3.18. The first kappa shape index (κ1) is 22.5. The standard InChI is InChI=1S/C29H25NO5/c1-17-24(29(32)34-3)25(26-27(30-17)20-11-7-8-12-21(20)28(26)31)19-13-14-22(23(15-19)33-2)35-16-18-9-5-4-6-10-18/h4-15,25,30H,16H2,1-3H3/t25-/m1/s1. The lowest BCUT2D eigenvalue weighted by Crippen LogP contribution is -2.29. The first-order valence-corrected chi connectivity index (χ1v) is 11.3. The second-order valence-electron chi connectivity index (χ2n) is 8.44. The highest BCUT2D eigenvalue weighted by molar-refractivity contribution is 6.23. The first-order valence-electron chi connectivity index (χ1n) is 11.3. The molecule has 1 N–H and O–H groups in total. The molecular weight excluding hydrogens is 442 g/mol. The molecular formula is C29H25NO5. The topological polar surface area (TPSA) is 73.9 Å². The van der Waals surface area contributed by atoms with Gasteiger partial charge in [0.05, 0.1) is 25.5 Å². The van der Waals surface area contributed by atoms with Gasteiger partial charge in [-0.3, -0.25) is 4.79 Å². The molecule has 6 nitrogen and oxygen atoms in total. The number of ether oxygens (including phenoxy) is 3. The van der Waals surface area contributed by atoms with Crippen LogP contribution in [0.5, 0.6) is 11.5 Å². The largest absolute Gasteiger partial charge is 0.493 e. The van der Waals surface area contributed by atoms with Gasteiger partial charge in [0.2, 0.25) is 0 Å². The molecule has 0 saturated carbocycles. The summed E-state index contributed by atoms with van der Waals surface area (Å²) < 4.78 is 16.8. The van der Waals surface area contributed by atoms with E-state index in [1.165, 1.54) is 7.11 Å². The fraction of sp³-hybridized carbons (Fsp3) is 0.172. The van der Waals surface area contributed by atoms with Crippen LogP contribution in [-0.4, -0.2) is 26.0 Å². The molecule has 3 aromatic rings. The fourth-order valence-electron chi connectivity index (χ4n) is 4.76. The van der Waals surface area contributed by atoms with E-state index in [4.69, 9.17) is 14.2 Å². The minimum absolute atomic E-state index is 0.106. The van der Waals surface area contributed by atoms with Gasteiger partial charge in [0.1, 0.15) is 6.61 Å². The number of hydrogen-bond acceptors (Lipinski definition) is 6. The molecule has 2 aliphatic rings. The number of esters is 1. The summed E-state index contributed by atoms with van der Waals surface area (Å²) in [7, 11) is 2.91. The summed E-state index contributed by atoms with van der Waals surface area (Å²) in [6.45, 7) is 2.21. The molecule has 1 aliphatic carbocycles. The Morgan fingerprint density at radius 1 is 0.914 bits per heavy atom. The number of ketones is 1.